The van der Waals surface area contributed by atoms with Gasteiger partial charge in [-0.1, -0.05) is 24.6 Å². The smallest absolute Gasteiger partial charge is 0.0498 e. The van der Waals surface area contributed by atoms with E-state index in [1.807, 2.05) is 6.07 Å². The SMILES string of the molecule is CCNCc1cn(CC2CCOCC2)c2cc(Cl)ccc12. The summed E-state index contributed by atoms with van der Waals surface area (Å²) in [6, 6.07) is 6.22. The van der Waals surface area contributed by atoms with Gasteiger partial charge in [-0.2, -0.15) is 0 Å². The van der Waals surface area contributed by atoms with Crippen LogP contribution in [0.4, 0.5) is 0 Å². The molecular weight excluding hydrogens is 284 g/mol. The van der Waals surface area contributed by atoms with Crippen LogP contribution < -0.4 is 5.32 Å². The summed E-state index contributed by atoms with van der Waals surface area (Å²) < 4.78 is 7.84. The highest BCUT2D eigenvalue weighted by molar-refractivity contribution is 6.31. The molecule has 0 bridgehead atoms. The van der Waals surface area contributed by atoms with Gasteiger partial charge >= 0.3 is 0 Å². The van der Waals surface area contributed by atoms with E-state index < -0.39 is 0 Å². The number of halogens is 1. The molecule has 2 aromatic rings. The van der Waals surface area contributed by atoms with Crippen LogP contribution in [-0.4, -0.2) is 24.3 Å². The molecule has 0 aliphatic carbocycles. The molecule has 3 rings (SSSR count). The molecule has 4 heteroatoms. The average molecular weight is 307 g/mol. The van der Waals surface area contributed by atoms with E-state index in [2.05, 4.69) is 35.1 Å². The molecule has 1 saturated heterocycles. The predicted molar refractivity (Wildman–Crippen MR) is 87.9 cm³/mol. The largest absolute Gasteiger partial charge is 0.381 e. The van der Waals surface area contributed by atoms with Crippen LogP contribution in [-0.2, 0) is 17.8 Å². The van der Waals surface area contributed by atoms with Gasteiger partial charge in [0.15, 0.2) is 0 Å². The van der Waals surface area contributed by atoms with Gasteiger partial charge in [0.05, 0.1) is 0 Å². The van der Waals surface area contributed by atoms with E-state index in [-0.39, 0.29) is 0 Å². The molecule has 1 aliphatic rings. The molecule has 21 heavy (non-hydrogen) atoms. The standard InChI is InChI=1S/C17H23ClN2O/c1-2-19-10-14-12-20(11-13-5-7-21-8-6-13)17-9-15(18)3-4-16(14)17/h3-4,9,12-13,19H,2,5-8,10-11H2,1H3. The second kappa shape index (κ2) is 6.82. The third-order valence-corrected chi connectivity index (χ3v) is 4.52. The number of rotatable bonds is 5. The van der Waals surface area contributed by atoms with E-state index in [0.29, 0.717) is 5.92 Å². The molecule has 0 radical (unpaired) electrons. The fourth-order valence-corrected chi connectivity index (χ4v) is 3.27. The summed E-state index contributed by atoms with van der Waals surface area (Å²) in [7, 11) is 0. The molecule has 3 nitrogen and oxygen atoms in total. The third kappa shape index (κ3) is 3.42. The Hall–Kier alpha value is -1.03. The molecule has 1 fully saturated rings. The summed E-state index contributed by atoms with van der Waals surface area (Å²) in [6.45, 7) is 6.89. The molecule has 1 aromatic carbocycles. The Morgan fingerprint density at radius 1 is 1.33 bits per heavy atom. The Morgan fingerprint density at radius 2 is 2.14 bits per heavy atom. The minimum Gasteiger partial charge on any atom is -0.381 e. The number of ether oxygens (including phenoxy) is 1. The Morgan fingerprint density at radius 3 is 2.90 bits per heavy atom. The van der Waals surface area contributed by atoms with Gasteiger partial charge in [-0.3, -0.25) is 0 Å². The first-order valence-corrected chi connectivity index (χ1v) is 8.21. The van der Waals surface area contributed by atoms with Crippen LogP contribution >= 0.6 is 11.6 Å². The molecule has 0 unspecified atom stereocenters. The maximum atomic E-state index is 6.20. The summed E-state index contributed by atoms with van der Waals surface area (Å²) in [4.78, 5) is 0. The Balaban J connectivity index is 1.90. The first-order chi connectivity index (χ1) is 10.3. The second-order valence-electron chi connectivity index (χ2n) is 5.80. The first kappa shape index (κ1) is 14.9. The van der Waals surface area contributed by atoms with Crippen LogP contribution in [0.1, 0.15) is 25.3 Å². The van der Waals surface area contributed by atoms with Crippen molar-refractivity contribution >= 4 is 22.5 Å². The fraction of sp³-hybridized carbons (Fsp3) is 0.529. The van der Waals surface area contributed by atoms with Crippen molar-refractivity contribution in [2.24, 2.45) is 5.92 Å². The van der Waals surface area contributed by atoms with Crippen LogP contribution in [0.3, 0.4) is 0 Å². The zero-order valence-electron chi connectivity index (χ0n) is 12.6. The Labute approximate surface area is 131 Å². The normalized spacial score (nSPS) is 16.7. The average Bonchev–Trinajstić information content (AvgIpc) is 2.83. The van der Waals surface area contributed by atoms with Crippen molar-refractivity contribution in [3.63, 3.8) is 0 Å². The molecule has 0 spiro atoms. The number of fused-ring (bicyclic) bond motifs is 1. The predicted octanol–water partition coefficient (Wildman–Crippen LogP) is 3.83. The van der Waals surface area contributed by atoms with Crippen LogP contribution in [0, 0.1) is 5.92 Å². The number of benzene rings is 1. The monoisotopic (exact) mass is 306 g/mol. The fourth-order valence-electron chi connectivity index (χ4n) is 3.10. The summed E-state index contributed by atoms with van der Waals surface area (Å²) in [5.41, 5.74) is 2.61. The molecule has 0 amide bonds. The Kier molecular flexibility index (Phi) is 4.84. The van der Waals surface area contributed by atoms with Crippen LogP contribution in [0.15, 0.2) is 24.4 Å². The minimum absolute atomic E-state index is 0.709. The molecule has 1 aliphatic heterocycles. The summed E-state index contributed by atoms with van der Waals surface area (Å²) in [6.07, 6.45) is 4.60. The van der Waals surface area contributed by atoms with E-state index in [9.17, 15) is 0 Å². The van der Waals surface area contributed by atoms with Crippen molar-refractivity contribution < 1.29 is 4.74 Å². The maximum absolute atomic E-state index is 6.20. The highest BCUT2D eigenvalue weighted by Gasteiger charge is 2.16. The number of aromatic nitrogens is 1. The van der Waals surface area contributed by atoms with Gasteiger partial charge in [0.2, 0.25) is 0 Å². The lowest BCUT2D eigenvalue weighted by Gasteiger charge is -2.22. The number of nitrogens with one attached hydrogen (secondary N) is 1. The van der Waals surface area contributed by atoms with Crippen molar-refractivity contribution in [2.45, 2.75) is 32.9 Å². The molecule has 2 heterocycles. The summed E-state index contributed by atoms with van der Waals surface area (Å²) >= 11 is 6.20. The van der Waals surface area contributed by atoms with Crippen molar-refractivity contribution in [3.8, 4) is 0 Å². The van der Waals surface area contributed by atoms with E-state index in [0.717, 1.165) is 50.7 Å². The van der Waals surface area contributed by atoms with E-state index >= 15 is 0 Å². The molecule has 1 aromatic heterocycles. The lowest BCUT2D eigenvalue weighted by Crippen LogP contribution is -2.20. The van der Waals surface area contributed by atoms with Gasteiger partial charge in [-0.25, -0.2) is 0 Å². The second-order valence-corrected chi connectivity index (χ2v) is 6.24. The van der Waals surface area contributed by atoms with Gasteiger partial charge < -0.3 is 14.6 Å². The molecule has 0 saturated carbocycles. The summed E-state index contributed by atoms with van der Waals surface area (Å²) in [5, 5.41) is 5.54. The highest BCUT2D eigenvalue weighted by Crippen LogP contribution is 2.27. The van der Waals surface area contributed by atoms with Crippen molar-refractivity contribution in [1.82, 2.24) is 9.88 Å². The first-order valence-electron chi connectivity index (χ1n) is 7.83. The van der Waals surface area contributed by atoms with E-state index in [4.69, 9.17) is 16.3 Å². The van der Waals surface area contributed by atoms with Crippen molar-refractivity contribution in [1.29, 1.82) is 0 Å². The third-order valence-electron chi connectivity index (χ3n) is 4.29. The molecular formula is C17H23ClN2O. The number of nitrogens with zero attached hydrogens (tertiary/aromatic N) is 1. The lowest BCUT2D eigenvalue weighted by molar-refractivity contribution is 0.0616. The zero-order valence-corrected chi connectivity index (χ0v) is 13.3. The minimum atomic E-state index is 0.709. The van der Waals surface area contributed by atoms with Crippen LogP contribution in [0.25, 0.3) is 10.9 Å². The maximum Gasteiger partial charge on any atom is 0.0498 e. The topological polar surface area (TPSA) is 26.2 Å². The lowest BCUT2D eigenvalue weighted by atomic mass is 10.0. The van der Waals surface area contributed by atoms with E-state index in [1.54, 1.807) is 0 Å². The number of hydrogen-bond donors (Lipinski definition) is 1. The van der Waals surface area contributed by atoms with Crippen molar-refractivity contribution in [3.05, 3.63) is 35.0 Å². The van der Waals surface area contributed by atoms with Gasteiger partial charge in [-0.05, 0) is 43.0 Å². The van der Waals surface area contributed by atoms with Crippen LogP contribution in [0.2, 0.25) is 5.02 Å². The van der Waals surface area contributed by atoms with Gasteiger partial charge in [0.1, 0.15) is 0 Å². The Bertz CT molecular complexity index is 602. The van der Waals surface area contributed by atoms with Crippen molar-refractivity contribution in [2.75, 3.05) is 19.8 Å². The highest BCUT2D eigenvalue weighted by atomic mass is 35.5. The number of hydrogen-bond acceptors (Lipinski definition) is 2. The van der Waals surface area contributed by atoms with Gasteiger partial charge in [0, 0.05) is 48.4 Å². The summed E-state index contributed by atoms with van der Waals surface area (Å²) in [5.74, 6) is 0.709. The zero-order chi connectivity index (χ0) is 14.7. The quantitative estimate of drug-likeness (QED) is 0.908. The van der Waals surface area contributed by atoms with Crippen LogP contribution in [0.5, 0.6) is 0 Å². The molecule has 114 valence electrons. The van der Waals surface area contributed by atoms with E-state index in [1.165, 1.54) is 16.5 Å². The van der Waals surface area contributed by atoms with Gasteiger partial charge in [-0.15, -0.1) is 0 Å². The van der Waals surface area contributed by atoms with Gasteiger partial charge in [0.25, 0.3) is 0 Å². The molecule has 0 atom stereocenters. The molecule has 1 N–H and O–H groups in total.